The minimum atomic E-state index is -0.840. The Labute approximate surface area is 134 Å². The molecule has 5 heteroatoms. The number of nitrogens with one attached hydrogen (secondary N) is 2. The molecule has 0 aromatic heterocycles. The molecule has 5 nitrogen and oxygen atoms in total. The fourth-order valence-electron chi connectivity index (χ4n) is 3.43. The summed E-state index contributed by atoms with van der Waals surface area (Å²) in [5.74, 6) is -0.381. The lowest BCUT2D eigenvalue weighted by Gasteiger charge is -2.16. The van der Waals surface area contributed by atoms with Crippen LogP contribution in [-0.2, 0) is 22.4 Å². The molecule has 2 aromatic carbocycles. The van der Waals surface area contributed by atoms with Crippen LogP contribution in [0.25, 0.3) is 10.8 Å². The third kappa shape index (κ3) is 2.23. The van der Waals surface area contributed by atoms with Crippen molar-refractivity contribution < 1.29 is 14.3 Å². The zero-order valence-corrected chi connectivity index (χ0v) is 12.9. The normalized spacial score (nSPS) is 16.9. The topological polar surface area (TPSA) is 67.4 Å². The largest absolute Gasteiger partial charge is 0.467 e. The van der Waals surface area contributed by atoms with Gasteiger partial charge in [0.25, 0.3) is 0 Å². The molecule has 2 aromatic rings. The minimum absolute atomic E-state index is 0.369. The van der Waals surface area contributed by atoms with Gasteiger partial charge in [-0.15, -0.1) is 0 Å². The Morgan fingerprint density at radius 3 is 2.52 bits per heavy atom. The number of ether oxygens (including phenoxy) is 1. The van der Waals surface area contributed by atoms with Crippen LogP contribution in [0.5, 0.6) is 0 Å². The fraction of sp³-hybridized carbons (Fsp3) is 0.333. The van der Waals surface area contributed by atoms with Crippen molar-refractivity contribution in [2.24, 2.45) is 0 Å². The average Bonchev–Trinajstić information content (AvgIpc) is 3.22. The molecule has 118 valence electrons. The van der Waals surface area contributed by atoms with E-state index in [2.05, 4.69) is 22.8 Å². The van der Waals surface area contributed by atoms with Gasteiger partial charge in [0, 0.05) is 5.39 Å². The molecule has 2 aliphatic carbocycles. The van der Waals surface area contributed by atoms with E-state index >= 15 is 0 Å². The second-order valence-electron chi connectivity index (χ2n) is 6.26. The molecule has 1 fully saturated rings. The SMILES string of the molecule is COC(=O)C1(NC(=O)Nc2ccc3c4c(cccc24)CC3)CC1. The van der Waals surface area contributed by atoms with E-state index in [0.29, 0.717) is 12.8 Å². The van der Waals surface area contributed by atoms with Gasteiger partial charge in [-0.25, -0.2) is 9.59 Å². The summed E-state index contributed by atoms with van der Waals surface area (Å²) in [7, 11) is 1.34. The number of hydrogen-bond donors (Lipinski definition) is 2. The van der Waals surface area contributed by atoms with E-state index in [0.717, 1.165) is 23.9 Å². The van der Waals surface area contributed by atoms with E-state index in [1.54, 1.807) is 0 Å². The Morgan fingerprint density at radius 2 is 1.83 bits per heavy atom. The Hall–Kier alpha value is -2.56. The van der Waals surface area contributed by atoms with E-state index in [1.165, 1.54) is 23.6 Å². The molecular formula is C18H18N2O3. The lowest BCUT2D eigenvalue weighted by molar-refractivity contribution is -0.144. The van der Waals surface area contributed by atoms with Crippen LogP contribution in [0.4, 0.5) is 10.5 Å². The number of carbonyl (C=O) groups excluding carboxylic acids is 2. The fourth-order valence-corrected chi connectivity index (χ4v) is 3.43. The number of aryl methyl sites for hydroxylation is 2. The van der Waals surface area contributed by atoms with Gasteiger partial charge in [0.15, 0.2) is 0 Å². The van der Waals surface area contributed by atoms with Crippen molar-refractivity contribution in [3.8, 4) is 0 Å². The molecular weight excluding hydrogens is 292 g/mol. The predicted octanol–water partition coefficient (Wildman–Crippen LogP) is 2.77. The minimum Gasteiger partial charge on any atom is -0.467 e. The summed E-state index contributed by atoms with van der Waals surface area (Å²) >= 11 is 0. The number of benzene rings is 2. The van der Waals surface area contributed by atoms with Gasteiger partial charge in [-0.3, -0.25) is 0 Å². The molecule has 0 aliphatic heterocycles. The highest BCUT2D eigenvalue weighted by Crippen LogP contribution is 2.37. The number of carbonyl (C=O) groups is 2. The van der Waals surface area contributed by atoms with E-state index in [9.17, 15) is 9.59 Å². The third-order valence-corrected chi connectivity index (χ3v) is 4.80. The molecule has 0 saturated heterocycles. The molecule has 0 bridgehead atoms. The Bertz CT molecular complexity index is 814. The first-order valence-corrected chi connectivity index (χ1v) is 7.84. The van der Waals surface area contributed by atoms with Crippen molar-refractivity contribution >= 4 is 28.5 Å². The van der Waals surface area contributed by atoms with E-state index in [4.69, 9.17) is 4.74 Å². The van der Waals surface area contributed by atoms with Crippen LogP contribution in [0.3, 0.4) is 0 Å². The molecule has 23 heavy (non-hydrogen) atoms. The Balaban J connectivity index is 1.59. The van der Waals surface area contributed by atoms with Crippen molar-refractivity contribution in [1.29, 1.82) is 0 Å². The maximum absolute atomic E-state index is 12.3. The Kier molecular flexibility index (Phi) is 3.04. The smallest absolute Gasteiger partial charge is 0.331 e. The van der Waals surface area contributed by atoms with Crippen LogP contribution in [0, 0.1) is 0 Å². The summed E-state index contributed by atoms with van der Waals surface area (Å²) in [5, 5.41) is 7.94. The lowest BCUT2D eigenvalue weighted by Crippen LogP contribution is -2.45. The lowest BCUT2D eigenvalue weighted by atomic mass is 10.0. The van der Waals surface area contributed by atoms with Crippen LogP contribution in [-0.4, -0.2) is 24.6 Å². The first-order chi connectivity index (χ1) is 11.1. The van der Waals surface area contributed by atoms with Crippen LogP contribution >= 0.6 is 0 Å². The van der Waals surface area contributed by atoms with Crippen LogP contribution in [0.15, 0.2) is 30.3 Å². The van der Waals surface area contributed by atoms with Gasteiger partial charge in [-0.1, -0.05) is 24.3 Å². The van der Waals surface area contributed by atoms with Gasteiger partial charge in [0.2, 0.25) is 0 Å². The highest BCUT2D eigenvalue weighted by atomic mass is 16.5. The van der Waals surface area contributed by atoms with Crippen molar-refractivity contribution in [2.75, 3.05) is 12.4 Å². The maximum Gasteiger partial charge on any atom is 0.331 e. The van der Waals surface area contributed by atoms with Gasteiger partial charge in [0.05, 0.1) is 12.8 Å². The average molecular weight is 310 g/mol. The molecule has 0 atom stereocenters. The highest BCUT2D eigenvalue weighted by molar-refractivity contribution is 6.05. The second-order valence-corrected chi connectivity index (χ2v) is 6.26. The number of esters is 1. The summed E-state index contributed by atoms with van der Waals surface area (Å²) < 4.78 is 4.76. The third-order valence-electron chi connectivity index (χ3n) is 4.80. The van der Waals surface area contributed by atoms with Gasteiger partial charge in [-0.05, 0) is 48.3 Å². The van der Waals surface area contributed by atoms with E-state index in [-0.39, 0.29) is 12.0 Å². The summed E-state index contributed by atoms with van der Waals surface area (Å²) in [6, 6.07) is 9.82. The number of methoxy groups -OCH3 is 1. The van der Waals surface area contributed by atoms with Crippen LogP contribution in [0.1, 0.15) is 24.0 Å². The first kappa shape index (κ1) is 14.1. The predicted molar refractivity (Wildman–Crippen MR) is 87.5 cm³/mol. The molecule has 0 radical (unpaired) electrons. The van der Waals surface area contributed by atoms with Crippen LogP contribution < -0.4 is 10.6 Å². The first-order valence-electron chi connectivity index (χ1n) is 7.84. The zero-order valence-electron chi connectivity index (χ0n) is 12.9. The van der Waals surface area contributed by atoms with Gasteiger partial charge < -0.3 is 15.4 Å². The van der Waals surface area contributed by atoms with Gasteiger partial charge >= 0.3 is 12.0 Å². The standard InChI is InChI=1S/C18H18N2O3/c1-23-16(21)18(9-10-18)20-17(22)19-14-8-7-12-6-5-11-3-2-4-13(14)15(11)12/h2-4,7-8H,5-6,9-10H2,1H3,(H2,19,20,22). The summed E-state index contributed by atoms with van der Waals surface area (Å²) in [6.45, 7) is 0. The molecule has 0 unspecified atom stereocenters. The summed E-state index contributed by atoms with van der Waals surface area (Å²) in [4.78, 5) is 24.0. The number of hydrogen-bond acceptors (Lipinski definition) is 3. The highest BCUT2D eigenvalue weighted by Gasteiger charge is 2.52. The zero-order chi connectivity index (χ0) is 16.0. The Morgan fingerprint density at radius 1 is 1.09 bits per heavy atom. The van der Waals surface area contributed by atoms with Gasteiger partial charge in [-0.2, -0.15) is 0 Å². The number of anilines is 1. The molecule has 2 amide bonds. The summed E-state index contributed by atoms with van der Waals surface area (Å²) in [5.41, 5.74) is 2.59. The molecule has 1 saturated carbocycles. The number of rotatable bonds is 3. The number of amides is 2. The number of urea groups is 1. The second kappa shape index (κ2) is 4.98. The maximum atomic E-state index is 12.3. The summed E-state index contributed by atoms with van der Waals surface area (Å²) in [6.07, 6.45) is 3.34. The van der Waals surface area contributed by atoms with E-state index in [1.807, 2.05) is 18.2 Å². The van der Waals surface area contributed by atoms with E-state index < -0.39 is 5.54 Å². The quantitative estimate of drug-likeness (QED) is 0.857. The molecule has 0 spiro atoms. The molecule has 0 heterocycles. The van der Waals surface area contributed by atoms with Crippen molar-refractivity contribution in [3.63, 3.8) is 0 Å². The van der Waals surface area contributed by atoms with Gasteiger partial charge in [0.1, 0.15) is 5.54 Å². The van der Waals surface area contributed by atoms with Crippen molar-refractivity contribution in [1.82, 2.24) is 5.32 Å². The monoisotopic (exact) mass is 310 g/mol. The van der Waals surface area contributed by atoms with Crippen molar-refractivity contribution in [2.45, 2.75) is 31.2 Å². The van der Waals surface area contributed by atoms with Crippen LogP contribution in [0.2, 0.25) is 0 Å². The molecule has 2 aliphatic rings. The molecule has 4 rings (SSSR count). The van der Waals surface area contributed by atoms with Crippen molar-refractivity contribution in [3.05, 3.63) is 41.5 Å². The molecule has 2 N–H and O–H groups in total.